The maximum atomic E-state index is 13.2. The summed E-state index contributed by atoms with van der Waals surface area (Å²) in [5, 5.41) is 0. The van der Waals surface area contributed by atoms with Crippen LogP contribution in [0, 0.1) is 0 Å². The van der Waals surface area contributed by atoms with E-state index < -0.39 is 25.9 Å². The molecular formula is C19H21NO6S2. The minimum Gasteiger partial charge on any atom is -0.486 e. The highest BCUT2D eigenvalue weighted by atomic mass is 32.2. The van der Waals surface area contributed by atoms with E-state index in [0.29, 0.717) is 44.1 Å². The highest BCUT2D eigenvalue weighted by molar-refractivity contribution is 7.91. The number of fused-ring (bicyclic) bond motifs is 1. The zero-order chi connectivity index (χ0) is 19.8. The summed E-state index contributed by atoms with van der Waals surface area (Å²) < 4.78 is 64.1. The second kappa shape index (κ2) is 7.38. The number of sulfone groups is 1. The smallest absolute Gasteiger partial charge is 0.243 e. The van der Waals surface area contributed by atoms with Gasteiger partial charge in [-0.3, -0.25) is 0 Å². The summed E-state index contributed by atoms with van der Waals surface area (Å²) in [5.74, 6) is 0.663. The van der Waals surface area contributed by atoms with Crippen LogP contribution in [0.15, 0.2) is 58.3 Å². The van der Waals surface area contributed by atoms with Gasteiger partial charge in [0.05, 0.1) is 15.5 Å². The molecular weight excluding hydrogens is 402 g/mol. The first kappa shape index (κ1) is 19.2. The third-order valence-corrected chi connectivity index (χ3v) is 8.72. The Morgan fingerprint density at radius 3 is 2.36 bits per heavy atom. The van der Waals surface area contributed by atoms with Crippen molar-refractivity contribution < 1.29 is 26.3 Å². The predicted molar refractivity (Wildman–Crippen MR) is 103 cm³/mol. The van der Waals surface area contributed by atoms with Gasteiger partial charge >= 0.3 is 0 Å². The summed E-state index contributed by atoms with van der Waals surface area (Å²) in [7, 11) is -7.43. The van der Waals surface area contributed by atoms with Gasteiger partial charge in [0.25, 0.3) is 0 Å². The van der Waals surface area contributed by atoms with Crippen LogP contribution in [0.1, 0.15) is 12.8 Å². The van der Waals surface area contributed by atoms with Crippen LogP contribution in [0.25, 0.3) is 0 Å². The summed E-state index contributed by atoms with van der Waals surface area (Å²) >= 11 is 0. The largest absolute Gasteiger partial charge is 0.486 e. The molecule has 0 aliphatic carbocycles. The Kier molecular flexibility index (Phi) is 5.07. The third-order valence-electron chi connectivity index (χ3n) is 4.96. The summed E-state index contributed by atoms with van der Waals surface area (Å²) in [6.07, 6.45) is 1.13. The van der Waals surface area contributed by atoms with Crippen molar-refractivity contribution in [3.8, 4) is 11.5 Å². The van der Waals surface area contributed by atoms with E-state index in [9.17, 15) is 16.8 Å². The lowest BCUT2D eigenvalue weighted by Gasteiger charge is -2.25. The second-order valence-corrected chi connectivity index (χ2v) is 10.7. The molecule has 2 heterocycles. The standard InChI is InChI=1S/C19H21NO6S2/c21-27(22,16-6-2-1-3-7-16)14-15-5-4-10-20(15)28(23,24)17-8-9-18-19(13-17)26-12-11-25-18/h1-3,6-9,13,15H,4-5,10-12,14H2. The Hall–Kier alpha value is -2.10. The van der Waals surface area contributed by atoms with E-state index in [2.05, 4.69) is 0 Å². The molecule has 0 radical (unpaired) electrons. The number of ether oxygens (including phenoxy) is 2. The SMILES string of the molecule is O=S(=O)(CC1CCCN1S(=O)(=O)c1ccc2c(c1)OCCO2)c1ccccc1. The Bertz CT molecular complexity index is 1070. The molecule has 1 atom stereocenters. The monoisotopic (exact) mass is 423 g/mol. The summed E-state index contributed by atoms with van der Waals surface area (Å²) in [6, 6.07) is 12.0. The molecule has 9 heteroatoms. The maximum absolute atomic E-state index is 13.2. The normalized spacial score (nSPS) is 20.2. The fraction of sp³-hybridized carbons (Fsp3) is 0.368. The molecule has 7 nitrogen and oxygen atoms in total. The van der Waals surface area contributed by atoms with Crippen LogP contribution in [0.2, 0.25) is 0 Å². The van der Waals surface area contributed by atoms with E-state index >= 15 is 0 Å². The second-order valence-electron chi connectivity index (χ2n) is 6.81. The van der Waals surface area contributed by atoms with E-state index in [1.165, 1.54) is 28.6 Å². The van der Waals surface area contributed by atoms with Gasteiger partial charge in [0.2, 0.25) is 10.0 Å². The summed E-state index contributed by atoms with van der Waals surface area (Å²) in [4.78, 5) is 0.291. The van der Waals surface area contributed by atoms with Crippen molar-refractivity contribution in [2.24, 2.45) is 0 Å². The molecule has 0 spiro atoms. The van der Waals surface area contributed by atoms with Gasteiger partial charge in [-0.05, 0) is 37.1 Å². The molecule has 150 valence electrons. The Labute approximate surface area is 164 Å². The molecule has 2 aliphatic rings. The van der Waals surface area contributed by atoms with Gasteiger partial charge in [-0.1, -0.05) is 18.2 Å². The van der Waals surface area contributed by atoms with E-state index in [1.807, 2.05) is 0 Å². The minimum atomic E-state index is -3.84. The molecule has 0 bridgehead atoms. The molecule has 0 aromatic heterocycles. The van der Waals surface area contributed by atoms with Gasteiger partial charge in [-0.2, -0.15) is 4.31 Å². The van der Waals surface area contributed by atoms with Gasteiger partial charge in [0.15, 0.2) is 21.3 Å². The summed E-state index contributed by atoms with van der Waals surface area (Å²) in [5.41, 5.74) is 0. The highest BCUT2D eigenvalue weighted by Gasteiger charge is 2.38. The molecule has 0 N–H and O–H groups in total. The van der Waals surface area contributed by atoms with Crippen LogP contribution in [-0.4, -0.2) is 52.7 Å². The molecule has 2 aromatic carbocycles. The maximum Gasteiger partial charge on any atom is 0.243 e. The molecule has 4 rings (SSSR count). The number of nitrogens with zero attached hydrogens (tertiary/aromatic N) is 1. The van der Waals surface area contributed by atoms with Gasteiger partial charge in [-0.15, -0.1) is 0 Å². The highest BCUT2D eigenvalue weighted by Crippen LogP contribution is 2.35. The fourth-order valence-corrected chi connectivity index (χ4v) is 7.01. The van der Waals surface area contributed by atoms with Crippen LogP contribution in [0.3, 0.4) is 0 Å². The van der Waals surface area contributed by atoms with Crippen molar-refractivity contribution in [3.63, 3.8) is 0 Å². The fourth-order valence-electron chi connectivity index (χ4n) is 3.59. The number of sulfonamides is 1. The van der Waals surface area contributed by atoms with Crippen molar-refractivity contribution in [1.29, 1.82) is 0 Å². The van der Waals surface area contributed by atoms with Crippen LogP contribution < -0.4 is 9.47 Å². The van der Waals surface area contributed by atoms with Crippen molar-refractivity contribution in [3.05, 3.63) is 48.5 Å². The average Bonchev–Trinajstić information content (AvgIpc) is 3.16. The van der Waals surface area contributed by atoms with Crippen molar-refractivity contribution in [2.45, 2.75) is 28.7 Å². The quantitative estimate of drug-likeness (QED) is 0.732. The molecule has 0 saturated carbocycles. The van der Waals surface area contributed by atoms with E-state index in [-0.39, 0.29) is 15.5 Å². The molecule has 1 fully saturated rings. The van der Waals surface area contributed by atoms with Crippen molar-refractivity contribution in [2.75, 3.05) is 25.5 Å². The minimum absolute atomic E-state index is 0.0840. The topological polar surface area (TPSA) is 90.0 Å². The predicted octanol–water partition coefficient (Wildman–Crippen LogP) is 2.08. The first-order chi connectivity index (χ1) is 13.4. The Morgan fingerprint density at radius 1 is 0.893 bits per heavy atom. The van der Waals surface area contributed by atoms with Crippen molar-refractivity contribution >= 4 is 19.9 Å². The van der Waals surface area contributed by atoms with E-state index in [4.69, 9.17) is 9.47 Å². The van der Waals surface area contributed by atoms with Crippen LogP contribution in [0.4, 0.5) is 0 Å². The summed E-state index contributed by atoms with van der Waals surface area (Å²) in [6.45, 7) is 1.08. The van der Waals surface area contributed by atoms with Crippen LogP contribution >= 0.6 is 0 Å². The molecule has 1 unspecified atom stereocenters. The molecule has 2 aromatic rings. The van der Waals surface area contributed by atoms with Crippen LogP contribution in [-0.2, 0) is 19.9 Å². The molecule has 28 heavy (non-hydrogen) atoms. The lowest BCUT2D eigenvalue weighted by molar-refractivity contribution is 0.171. The zero-order valence-electron chi connectivity index (χ0n) is 15.2. The van der Waals surface area contributed by atoms with Crippen molar-refractivity contribution in [1.82, 2.24) is 4.31 Å². The van der Waals surface area contributed by atoms with Gasteiger partial charge < -0.3 is 9.47 Å². The van der Waals surface area contributed by atoms with Crippen LogP contribution in [0.5, 0.6) is 11.5 Å². The van der Waals surface area contributed by atoms with Gasteiger partial charge in [0.1, 0.15) is 13.2 Å². The third kappa shape index (κ3) is 3.61. The lowest BCUT2D eigenvalue weighted by atomic mass is 10.3. The van der Waals surface area contributed by atoms with Gasteiger partial charge in [0, 0.05) is 18.7 Å². The zero-order valence-corrected chi connectivity index (χ0v) is 16.8. The number of hydrogen-bond acceptors (Lipinski definition) is 6. The number of benzene rings is 2. The van der Waals surface area contributed by atoms with Gasteiger partial charge in [-0.25, -0.2) is 16.8 Å². The first-order valence-electron chi connectivity index (χ1n) is 9.07. The number of rotatable bonds is 5. The lowest BCUT2D eigenvalue weighted by Crippen LogP contribution is -2.39. The molecule has 2 aliphatic heterocycles. The Morgan fingerprint density at radius 2 is 1.61 bits per heavy atom. The molecule has 0 amide bonds. The number of hydrogen-bond donors (Lipinski definition) is 0. The Balaban J connectivity index is 1.61. The molecule has 1 saturated heterocycles. The average molecular weight is 424 g/mol. The van der Waals surface area contributed by atoms with E-state index in [1.54, 1.807) is 24.3 Å². The first-order valence-corrected chi connectivity index (χ1v) is 12.2. The van der Waals surface area contributed by atoms with E-state index in [0.717, 1.165) is 0 Å².